The largest absolute Gasteiger partial charge is 0.444 e. The summed E-state index contributed by atoms with van der Waals surface area (Å²) in [5, 5.41) is 2.57. The van der Waals surface area contributed by atoms with Crippen molar-refractivity contribution in [3.8, 4) is 0 Å². The molecule has 0 saturated heterocycles. The Morgan fingerprint density at radius 3 is 2.53 bits per heavy atom. The molecule has 1 aliphatic rings. The van der Waals surface area contributed by atoms with Crippen LogP contribution in [-0.2, 0) is 9.53 Å². The van der Waals surface area contributed by atoms with E-state index in [1.165, 1.54) is 0 Å². The van der Waals surface area contributed by atoms with Crippen molar-refractivity contribution in [3.63, 3.8) is 0 Å². The molecule has 1 N–H and O–H groups in total. The molecule has 0 spiro atoms. The van der Waals surface area contributed by atoms with E-state index < -0.39 is 17.2 Å². The van der Waals surface area contributed by atoms with Crippen molar-refractivity contribution in [1.82, 2.24) is 5.32 Å². The van der Waals surface area contributed by atoms with E-state index in [9.17, 15) is 9.59 Å². The molecule has 0 heterocycles. The van der Waals surface area contributed by atoms with Crippen molar-refractivity contribution in [2.75, 3.05) is 0 Å². The molecule has 2 atom stereocenters. The summed E-state index contributed by atoms with van der Waals surface area (Å²) < 4.78 is 5.06. The van der Waals surface area contributed by atoms with Crippen LogP contribution in [0.15, 0.2) is 12.7 Å². The van der Waals surface area contributed by atoms with Gasteiger partial charge in [0.05, 0.1) is 0 Å². The van der Waals surface area contributed by atoms with Crippen LogP contribution < -0.4 is 5.32 Å². The highest BCUT2D eigenvalue weighted by atomic mass is 16.6. The Morgan fingerprint density at radius 1 is 1.60 bits per heavy atom. The minimum absolute atomic E-state index is 0.0301. The Hall–Kier alpha value is -1.32. The van der Waals surface area contributed by atoms with Gasteiger partial charge < -0.3 is 14.8 Å². The maximum Gasteiger partial charge on any atom is 0.408 e. The van der Waals surface area contributed by atoms with Gasteiger partial charge in [0.25, 0.3) is 0 Å². The van der Waals surface area contributed by atoms with Gasteiger partial charge in [-0.05, 0) is 27.2 Å². The van der Waals surface area contributed by atoms with E-state index >= 15 is 0 Å². The smallest absolute Gasteiger partial charge is 0.408 e. The van der Waals surface area contributed by atoms with Crippen LogP contribution in [0.1, 0.15) is 27.2 Å². The fraction of sp³-hybridized carbons (Fsp3) is 0.636. The number of aldehydes is 1. The van der Waals surface area contributed by atoms with Crippen molar-refractivity contribution in [1.29, 1.82) is 0 Å². The average molecular weight is 211 g/mol. The van der Waals surface area contributed by atoms with Gasteiger partial charge in [-0.1, -0.05) is 6.08 Å². The van der Waals surface area contributed by atoms with Crippen molar-refractivity contribution >= 4 is 12.4 Å². The third kappa shape index (κ3) is 2.81. The minimum atomic E-state index is -0.774. The van der Waals surface area contributed by atoms with Gasteiger partial charge in [0.1, 0.15) is 17.4 Å². The summed E-state index contributed by atoms with van der Waals surface area (Å²) >= 11 is 0. The fourth-order valence-electron chi connectivity index (χ4n) is 1.40. The van der Waals surface area contributed by atoms with Gasteiger partial charge in [0.15, 0.2) is 0 Å². The zero-order chi connectivity index (χ0) is 11.7. The monoisotopic (exact) mass is 211 g/mol. The van der Waals surface area contributed by atoms with Crippen LogP contribution in [0.25, 0.3) is 0 Å². The van der Waals surface area contributed by atoms with Crippen molar-refractivity contribution in [2.45, 2.75) is 38.3 Å². The number of ether oxygens (including phenoxy) is 1. The second-order valence-corrected chi connectivity index (χ2v) is 4.83. The molecule has 1 amide bonds. The SMILES string of the molecule is C=C[C@@H]1C[C@@]1(C=O)NC(=O)OC(C)(C)C. The predicted molar refractivity (Wildman–Crippen MR) is 56.5 cm³/mol. The third-order valence-corrected chi connectivity index (χ3v) is 2.29. The molecule has 1 rings (SSSR count). The Balaban J connectivity index is 2.52. The quantitative estimate of drug-likeness (QED) is 0.570. The van der Waals surface area contributed by atoms with Gasteiger partial charge in [0.2, 0.25) is 0 Å². The first kappa shape index (κ1) is 11.8. The number of amides is 1. The van der Waals surface area contributed by atoms with Crippen LogP contribution >= 0.6 is 0 Å². The minimum Gasteiger partial charge on any atom is -0.444 e. The third-order valence-electron chi connectivity index (χ3n) is 2.29. The standard InChI is InChI=1S/C11H17NO3/c1-5-8-6-11(8,7-13)12-9(14)15-10(2,3)4/h5,7-8H,1,6H2,2-4H3,(H,12,14)/t8-,11+/m1/s1. The van der Waals surface area contributed by atoms with Crippen LogP contribution in [0.3, 0.4) is 0 Å². The van der Waals surface area contributed by atoms with Crippen LogP contribution in [0.5, 0.6) is 0 Å². The highest BCUT2D eigenvalue weighted by Crippen LogP contribution is 2.42. The molecule has 1 aliphatic carbocycles. The molecule has 4 heteroatoms. The number of alkyl carbamates (subject to hydrolysis) is 1. The van der Waals surface area contributed by atoms with Gasteiger partial charge in [0, 0.05) is 5.92 Å². The zero-order valence-electron chi connectivity index (χ0n) is 9.37. The van der Waals surface area contributed by atoms with Gasteiger partial charge in [-0.15, -0.1) is 6.58 Å². The average Bonchev–Trinajstić information content (AvgIpc) is 2.76. The molecule has 0 bridgehead atoms. The Kier molecular flexibility index (Phi) is 2.88. The normalized spacial score (nSPS) is 29.1. The number of carbonyl (C=O) groups excluding carboxylic acids is 2. The molecular weight excluding hydrogens is 194 g/mol. The van der Waals surface area contributed by atoms with Gasteiger partial charge in [-0.3, -0.25) is 0 Å². The number of carbonyl (C=O) groups is 2. The van der Waals surface area contributed by atoms with E-state index in [0.717, 1.165) is 6.29 Å². The molecule has 15 heavy (non-hydrogen) atoms. The van der Waals surface area contributed by atoms with Gasteiger partial charge >= 0.3 is 6.09 Å². The first-order chi connectivity index (χ1) is 6.83. The van der Waals surface area contributed by atoms with E-state index in [0.29, 0.717) is 6.42 Å². The lowest BCUT2D eigenvalue weighted by Gasteiger charge is -2.21. The van der Waals surface area contributed by atoms with E-state index in [4.69, 9.17) is 4.74 Å². The molecule has 0 aromatic rings. The van der Waals surface area contributed by atoms with E-state index in [1.54, 1.807) is 26.8 Å². The Morgan fingerprint density at radius 2 is 2.20 bits per heavy atom. The molecule has 1 fully saturated rings. The molecule has 0 aromatic carbocycles. The number of rotatable bonds is 3. The first-order valence-electron chi connectivity index (χ1n) is 4.93. The van der Waals surface area contributed by atoms with Gasteiger partial charge in [-0.25, -0.2) is 4.79 Å². The second-order valence-electron chi connectivity index (χ2n) is 4.83. The summed E-state index contributed by atoms with van der Waals surface area (Å²) in [6.07, 6.45) is 2.48. The Bertz CT molecular complexity index is 293. The number of nitrogens with one attached hydrogen (secondary N) is 1. The summed E-state index contributed by atoms with van der Waals surface area (Å²) in [4.78, 5) is 22.2. The molecule has 1 saturated carbocycles. The molecule has 84 valence electrons. The van der Waals surface area contributed by atoms with Crippen molar-refractivity contribution in [2.24, 2.45) is 5.92 Å². The number of hydrogen-bond acceptors (Lipinski definition) is 3. The van der Waals surface area contributed by atoms with E-state index in [1.807, 2.05) is 0 Å². The molecule has 0 unspecified atom stereocenters. The zero-order valence-corrected chi connectivity index (χ0v) is 9.37. The van der Waals surface area contributed by atoms with Crippen molar-refractivity contribution in [3.05, 3.63) is 12.7 Å². The second kappa shape index (κ2) is 3.68. The lowest BCUT2D eigenvalue weighted by Crippen LogP contribution is -2.42. The summed E-state index contributed by atoms with van der Waals surface area (Å²) in [5.74, 6) is 0.0301. The summed E-state index contributed by atoms with van der Waals surface area (Å²) in [6.45, 7) is 8.92. The summed E-state index contributed by atoms with van der Waals surface area (Å²) in [7, 11) is 0. The van der Waals surface area contributed by atoms with Crippen LogP contribution in [0.4, 0.5) is 4.79 Å². The van der Waals surface area contributed by atoms with Gasteiger partial charge in [-0.2, -0.15) is 0 Å². The van der Waals surface area contributed by atoms with E-state index in [2.05, 4.69) is 11.9 Å². The molecule has 0 radical (unpaired) electrons. The predicted octanol–water partition coefficient (Wildman–Crippen LogP) is 1.65. The summed E-state index contributed by atoms with van der Waals surface area (Å²) in [6, 6.07) is 0. The van der Waals surface area contributed by atoms with Crippen molar-refractivity contribution < 1.29 is 14.3 Å². The Labute approximate surface area is 89.7 Å². The molecule has 0 aliphatic heterocycles. The molecule has 4 nitrogen and oxygen atoms in total. The highest BCUT2D eigenvalue weighted by molar-refractivity contribution is 5.80. The van der Waals surface area contributed by atoms with Crippen LogP contribution in [-0.4, -0.2) is 23.5 Å². The molecule has 0 aromatic heterocycles. The lowest BCUT2D eigenvalue weighted by molar-refractivity contribution is -0.110. The maximum absolute atomic E-state index is 11.4. The summed E-state index contributed by atoms with van der Waals surface area (Å²) in [5.41, 5.74) is -1.32. The first-order valence-corrected chi connectivity index (χ1v) is 4.93. The highest BCUT2D eigenvalue weighted by Gasteiger charge is 2.54. The lowest BCUT2D eigenvalue weighted by atomic mass is 10.2. The van der Waals surface area contributed by atoms with E-state index in [-0.39, 0.29) is 5.92 Å². The molecular formula is C11H17NO3. The van der Waals surface area contributed by atoms with Crippen LogP contribution in [0, 0.1) is 5.92 Å². The maximum atomic E-state index is 11.4. The fourth-order valence-corrected chi connectivity index (χ4v) is 1.40. The topological polar surface area (TPSA) is 55.4 Å². The van der Waals surface area contributed by atoms with Crippen LogP contribution in [0.2, 0.25) is 0 Å². The number of hydrogen-bond donors (Lipinski definition) is 1.